The van der Waals surface area contributed by atoms with Crippen LogP contribution in [0, 0.1) is 5.82 Å². The fraction of sp³-hybridized carbons (Fsp3) is 0.435. The molecule has 1 aromatic carbocycles. The number of rotatable bonds is 8. The van der Waals surface area contributed by atoms with Crippen LogP contribution in [0.2, 0.25) is 0 Å². The highest BCUT2D eigenvalue weighted by atomic mass is 19.1. The third-order valence-corrected chi connectivity index (χ3v) is 5.92. The van der Waals surface area contributed by atoms with E-state index in [4.69, 9.17) is 4.98 Å². The first-order valence-corrected chi connectivity index (χ1v) is 10.8. The van der Waals surface area contributed by atoms with Gasteiger partial charge in [0.1, 0.15) is 11.6 Å². The van der Waals surface area contributed by atoms with Crippen molar-refractivity contribution in [1.29, 1.82) is 0 Å². The van der Waals surface area contributed by atoms with E-state index < -0.39 is 17.8 Å². The summed E-state index contributed by atoms with van der Waals surface area (Å²) in [5, 5.41) is 12.7. The number of halogens is 1. The van der Waals surface area contributed by atoms with Crippen molar-refractivity contribution in [3.05, 3.63) is 59.0 Å². The molecule has 3 heterocycles. The lowest BCUT2D eigenvalue weighted by atomic mass is 10.0. The van der Waals surface area contributed by atoms with Gasteiger partial charge in [-0.2, -0.15) is 0 Å². The second-order valence-corrected chi connectivity index (χ2v) is 8.08. The molecule has 0 spiro atoms. The molecule has 0 saturated carbocycles. The van der Waals surface area contributed by atoms with Crippen LogP contribution in [0.5, 0.6) is 0 Å². The Morgan fingerprint density at radius 1 is 1.26 bits per heavy atom. The van der Waals surface area contributed by atoms with Gasteiger partial charge in [0.2, 0.25) is 0 Å². The quantitative estimate of drug-likeness (QED) is 0.675. The number of fused-ring (bicyclic) bond motifs is 1. The molecule has 0 unspecified atom stereocenters. The SMILES string of the molecule is O=C(O)C[C@H](c1cccc(F)c1)N1CCN(CCCc2ccc3c(n2)NCCC3)C1=O. The number of carboxylic acid groups (broad SMARTS) is 1. The van der Waals surface area contributed by atoms with Gasteiger partial charge in [-0.25, -0.2) is 14.2 Å². The van der Waals surface area contributed by atoms with Gasteiger partial charge in [0.15, 0.2) is 0 Å². The fourth-order valence-electron chi connectivity index (χ4n) is 4.34. The molecular weight excluding hydrogens is 399 g/mol. The summed E-state index contributed by atoms with van der Waals surface area (Å²) in [5.74, 6) is -0.491. The number of benzene rings is 1. The first-order chi connectivity index (χ1) is 15.0. The van der Waals surface area contributed by atoms with Crippen LogP contribution in [0.4, 0.5) is 15.0 Å². The summed E-state index contributed by atoms with van der Waals surface area (Å²) >= 11 is 0. The third-order valence-electron chi connectivity index (χ3n) is 5.92. The van der Waals surface area contributed by atoms with Crippen LogP contribution in [-0.4, -0.2) is 58.1 Å². The largest absolute Gasteiger partial charge is 0.481 e. The van der Waals surface area contributed by atoms with Crippen molar-refractivity contribution in [2.45, 2.75) is 38.1 Å². The second kappa shape index (κ2) is 9.32. The lowest BCUT2D eigenvalue weighted by Crippen LogP contribution is -2.36. The number of amides is 2. The molecule has 164 valence electrons. The number of carboxylic acids is 1. The van der Waals surface area contributed by atoms with Crippen molar-refractivity contribution >= 4 is 17.8 Å². The van der Waals surface area contributed by atoms with E-state index in [2.05, 4.69) is 17.4 Å². The molecule has 2 aliphatic heterocycles. The number of aliphatic carboxylic acids is 1. The van der Waals surface area contributed by atoms with Gasteiger partial charge in [-0.1, -0.05) is 18.2 Å². The van der Waals surface area contributed by atoms with E-state index >= 15 is 0 Å². The van der Waals surface area contributed by atoms with Gasteiger partial charge >= 0.3 is 12.0 Å². The average Bonchev–Trinajstić information content (AvgIpc) is 3.12. The number of pyridine rings is 1. The predicted octanol–water partition coefficient (Wildman–Crippen LogP) is 3.47. The van der Waals surface area contributed by atoms with Crippen molar-refractivity contribution in [2.75, 3.05) is 31.5 Å². The minimum atomic E-state index is -1.02. The molecular formula is C23H27FN4O3. The number of urea groups is 1. The minimum Gasteiger partial charge on any atom is -0.481 e. The summed E-state index contributed by atoms with van der Waals surface area (Å²) in [6.07, 6.45) is 3.46. The van der Waals surface area contributed by atoms with Gasteiger partial charge in [-0.15, -0.1) is 0 Å². The predicted molar refractivity (Wildman–Crippen MR) is 114 cm³/mol. The molecule has 1 atom stereocenters. The van der Waals surface area contributed by atoms with Crippen molar-refractivity contribution in [3.63, 3.8) is 0 Å². The fourth-order valence-corrected chi connectivity index (χ4v) is 4.34. The Hall–Kier alpha value is -3.16. The Morgan fingerprint density at radius 2 is 2.13 bits per heavy atom. The van der Waals surface area contributed by atoms with E-state index in [0.29, 0.717) is 25.2 Å². The molecule has 2 N–H and O–H groups in total. The van der Waals surface area contributed by atoms with E-state index in [9.17, 15) is 19.1 Å². The van der Waals surface area contributed by atoms with Gasteiger partial charge in [0.05, 0.1) is 12.5 Å². The number of carbonyl (C=O) groups excluding carboxylic acids is 1. The molecule has 1 saturated heterocycles. The summed E-state index contributed by atoms with van der Waals surface area (Å²) in [7, 11) is 0. The zero-order valence-electron chi connectivity index (χ0n) is 17.4. The lowest BCUT2D eigenvalue weighted by molar-refractivity contribution is -0.138. The van der Waals surface area contributed by atoms with E-state index in [1.165, 1.54) is 23.8 Å². The van der Waals surface area contributed by atoms with Crippen molar-refractivity contribution < 1.29 is 19.1 Å². The van der Waals surface area contributed by atoms with Crippen LogP contribution in [0.25, 0.3) is 0 Å². The number of carbonyl (C=O) groups is 2. The zero-order chi connectivity index (χ0) is 21.8. The molecule has 2 aliphatic rings. The molecule has 1 aromatic heterocycles. The maximum absolute atomic E-state index is 13.7. The Labute approximate surface area is 180 Å². The van der Waals surface area contributed by atoms with Crippen LogP contribution in [0.1, 0.15) is 42.1 Å². The third kappa shape index (κ3) is 4.95. The Balaban J connectivity index is 1.37. The monoisotopic (exact) mass is 426 g/mol. The normalized spacial score (nSPS) is 16.7. The number of aromatic nitrogens is 1. The smallest absolute Gasteiger partial charge is 0.320 e. The van der Waals surface area contributed by atoms with Gasteiger partial charge in [0, 0.05) is 31.9 Å². The molecule has 4 rings (SSSR count). The molecule has 0 aliphatic carbocycles. The standard InChI is InChI=1S/C23H27FN4O3/c24-18-6-1-4-17(14-18)20(15-21(29)30)28-13-12-27(23(28)31)11-3-7-19-9-8-16-5-2-10-25-22(16)26-19/h1,4,6,8-9,14,20H,2-3,5,7,10-13,15H2,(H,25,26)(H,29,30)/t20-/m1/s1. The van der Waals surface area contributed by atoms with Crippen LogP contribution in [0.15, 0.2) is 36.4 Å². The highest BCUT2D eigenvalue weighted by Gasteiger charge is 2.35. The highest BCUT2D eigenvalue weighted by molar-refractivity contribution is 5.78. The summed E-state index contributed by atoms with van der Waals surface area (Å²) in [6.45, 7) is 2.48. The van der Waals surface area contributed by atoms with E-state index in [1.54, 1.807) is 15.9 Å². The van der Waals surface area contributed by atoms with Crippen molar-refractivity contribution in [3.8, 4) is 0 Å². The van der Waals surface area contributed by atoms with Gasteiger partial charge in [-0.3, -0.25) is 4.79 Å². The van der Waals surface area contributed by atoms with Gasteiger partial charge in [-0.05, 0) is 55.0 Å². The van der Waals surface area contributed by atoms with Crippen LogP contribution < -0.4 is 5.32 Å². The number of hydrogen-bond acceptors (Lipinski definition) is 4. The van der Waals surface area contributed by atoms with E-state index in [0.717, 1.165) is 43.7 Å². The number of nitrogens with one attached hydrogen (secondary N) is 1. The maximum Gasteiger partial charge on any atom is 0.320 e. The number of hydrogen-bond donors (Lipinski definition) is 2. The Kier molecular flexibility index (Phi) is 6.34. The molecule has 1 fully saturated rings. The van der Waals surface area contributed by atoms with Crippen molar-refractivity contribution in [2.24, 2.45) is 0 Å². The van der Waals surface area contributed by atoms with Gasteiger partial charge < -0.3 is 20.2 Å². The summed E-state index contributed by atoms with van der Waals surface area (Å²) in [6, 6.07) is 9.12. The maximum atomic E-state index is 13.7. The van der Waals surface area contributed by atoms with E-state index in [1.807, 2.05) is 0 Å². The summed E-state index contributed by atoms with van der Waals surface area (Å²) < 4.78 is 13.7. The topological polar surface area (TPSA) is 85.8 Å². The molecule has 31 heavy (non-hydrogen) atoms. The lowest BCUT2D eigenvalue weighted by Gasteiger charge is -2.27. The minimum absolute atomic E-state index is 0.199. The molecule has 0 radical (unpaired) electrons. The second-order valence-electron chi connectivity index (χ2n) is 8.08. The van der Waals surface area contributed by atoms with E-state index in [-0.39, 0.29) is 12.5 Å². The number of anilines is 1. The molecule has 2 aromatic rings. The Morgan fingerprint density at radius 3 is 2.94 bits per heavy atom. The average molecular weight is 426 g/mol. The highest BCUT2D eigenvalue weighted by Crippen LogP contribution is 2.29. The molecule has 8 heteroatoms. The molecule has 7 nitrogen and oxygen atoms in total. The Bertz CT molecular complexity index is 968. The molecule has 0 bridgehead atoms. The van der Waals surface area contributed by atoms with Gasteiger partial charge in [0.25, 0.3) is 0 Å². The molecule has 2 amide bonds. The van der Waals surface area contributed by atoms with Crippen LogP contribution in [-0.2, 0) is 17.6 Å². The first kappa shape index (κ1) is 21.1. The van der Waals surface area contributed by atoms with Crippen molar-refractivity contribution in [1.82, 2.24) is 14.8 Å². The number of nitrogens with zero attached hydrogens (tertiary/aromatic N) is 3. The first-order valence-electron chi connectivity index (χ1n) is 10.8. The summed E-state index contributed by atoms with van der Waals surface area (Å²) in [4.78, 5) is 32.3. The zero-order valence-corrected chi connectivity index (χ0v) is 17.4. The summed E-state index contributed by atoms with van der Waals surface area (Å²) in [5.41, 5.74) is 2.76. The number of aryl methyl sites for hydroxylation is 2. The van der Waals surface area contributed by atoms with Crippen LogP contribution >= 0.6 is 0 Å². The van der Waals surface area contributed by atoms with Crippen LogP contribution in [0.3, 0.4) is 0 Å².